The summed E-state index contributed by atoms with van der Waals surface area (Å²) in [5, 5.41) is 3.89. The van der Waals surface area contributed by atoms with E-state index in [0.29, 0.717) is 23.0 Å². The first kappa shape index (κ1) is 12.8. The Morgan fingerprint density at radius 1 is 1.05 bits per heavy atom. The van der Waals surface area contributed by atoms with E-state index >= 15 is 0 Å². The Hall–Kier alpha value is -2.21. The van der Waals surface area contributed by atoms with Crippen LogP contribution >= 0.6 is 15.9 Å². The first-order valence-electron chi connectivity index (χ1n) is 5.78. The number of nitrogen functional groups attached to an aromatic ring is 1. The monoisotopic (exact) mass is 333 g/mol. The minimum absolute atomic E-state index is 0.306. The lowest BCUT2D eigenvalue weighted by Gasteiger charge is -1.99. The van der Waals surface area contributed by atoms with Gasteiger partial charge >= 0.3 is 0 Å². The van der Waals surface area contributed by atoms with Gasteiger partial charge in [-0.2, -0.15) is 4.98 Å². The molecule has 0 saturated heterocycles. The lowest BCUT2D eigenvalue weighted by Crippen LogP contribution is -1.87. The molecule has 0 atom stereocenters. The molecule has 2 N–H and O–H groups in total. The third-order valence-electron chi connectivity index (χ3n) is 2.78. The van der Waals surface area contributed by atoms with Crippen molar-refractivity contribution in [1.29, 1.82) is 0 Å². The number of aromatic nitrogens is 2. The van der Waals surface area contributed by atoms with Crippen LogP contribution in [0.3, 0.4) is 0 Å². The third-order valence-corrected chi connectivity index (χ3v) is 3.46. The van der Waals surface area contributed by atoms with Crippen LogP contribution in [-0.4, -0.2) is 10.1 Å². The number of benzene rings is 2. The van der Waals surface area contributed by atoms with Crippen molar-refractivity contribution in [1.82, 2.24) is 10.1 Å². The summed E-state index contributed by atoms with van der Waals surface area (Å²) in [6, 6.07) is 11.3. The van der Waals surface area contributed by atoms with Crippen LogP contribution in [0.15, 0.2) is 51.5 Å². The number of hydrogen-bond donors (Lipinski definition) is 1. The SMILES string of the molecule is Nc1ccc(-c2nc(-c3ccc(F)cc3)no2)cc1Br. The largest absolute Gasteiger partial charge is 0.398 e. The summed E-state index contributed by atoms with van der Waals surface area (Å²) in [6.07, 6.45) is 0. The number of hydrogen-bond acceptors (Lipinski definition) is 4. The van der Waals surface area contributed by atoms with Crippen LogP contribution in [0.2, 0.25) is 0 Å². The van der Waals surface area contributed by atoms with E-state index in [4.69, 9.17) is 10.3 Å². The molecule has 0 unspecified atom stereocenters. The summed E-state index contributed by atoms with van der Waals surface area (Å²) in [7, 11) is 0. The maximum absolute atomic E-state index is 12.9. The van der Waals surface area contributed by atoms with Gasteiger partial charge in [-0.25, -0.2) is 4.39 Å². The molecule has 20 heavy (non-hydrogen) atoms. The van der Waals surface area contributed by atoms with Crippen molar-refractivity contribution in [3.05, 3.63) is 52.8 Å². The first-order valence-corrected chi connectivity index (χ1v) is 6.58. The van der Waals surface area contributed by atoms with Crippen molar-refractivity contribution in [2.45, 2.75) is 0 Å². The molecule has 0 spiro atoms. The molecular formula is C14H9BrFN3O. The van der Waals surface area contributed by atoms with Gasteiger partial charge in [-0.15, -0.1) is 0 Å². The zero-order chi connectivity index (χ0) is 14.1. The van der Waals surface area contributed by atoms with Crippen molar-refractivity contribution >= 4 is 21.6 Å². The van der Waals surface area contributed by atoms with E-state index in [1.54, 1.807) is 30.3 Å². The molecule has 0 fully saturated rings. The van der Waals surface area contributed by atoms with Gasteiger partial charge in [-0.3, -0.25) is 0 Å². The van der Waals surface area contributed by atoms with Crippen LogP contribution in [0.25, 0.3) is 22.8 Å². The summed E-state index contributed by atoms with van der Waals surface area (Å²) >= 11 is 3.35. The normalized spacial score (nSPS) is 10.7. The second-order valence-corrected chi connectivity index (χ2v) is 5.02. The lowest BCUT2D eigenvalue weighted by molar-refractivity contribution is 0.432. The highest BCUT2D eigenvalue weighted by Gasteiger charge is 2.11. The van der Waals surface area contributed by atoms with Gasteiger partial charge in [-0.1, -0.05) is 5.16 Å². The highest BCUT2D eigenvalue weighted by atomic mass is 79.9. The Morgan fingerprint density at radius 2 is 1.75 bits per heavy atom. The fourth-order valence-electron chi connectivity index (χ4n) is 1.72. The molecule has 1 aromatic heterocycles. The van der Waals surface area contributed by atoms with Crippen LogP contribution in [0, 0.1) is 5.82 Å². The smallest absolute Gasteiger partial charge is 0.258 e. The molecule has 0 aliphatic carbocycles. The van der Waals surface area contributed by atoms with E-state index in [9.17, 15) is 4.39 Å². The van der Waals surface area contributed by atoms with E-state index in [0.717, 1.165) is 10.0 Å². The fraction of sp³-hybridized carbons (Fsp3) is 0. The average Bonchev–Trinajstić information content (AvgIpc) is 2.92. The molecule has 6 heteroatoms. The van der Waals surface area contributed by atoms with Crippen molar-refractivity contribution in [2.24, 2.45) is 0 Å². The molecule has 0 radical (unpaired) electrons. The second-order valence-electron chi connectivity index (χ2n) is 4.17. The minimum Gasteiger partial charge on any atom is -0.398 e. The third kappa shape index (κ3) is 2.42. The highest BCUT2D eigenvalue weighted by Crippen LogP contribution is 2.27. The molecule has 0 bridgehead atoms. The summed E-state index contributed by atoms with van der Waals surface area (Å²) in [5.41, 5.74) is 7.81. The van der Waals surface area contributed by atoms with E-state index < -0.39 is 0 Å². The van der Waals surface area contributed by atoms with E-state index in [1.165, 1.54) is 12.1 Å². The van der Waals surface area contributed by atoms with Gasteiger partial charge in [0.2, 0.25) is 5.82 Å². The van der Waals surface area contributed by atoms with E-state index in [2.05, 4.69) is 26.1 Å². The fourth-order valence-corrected chi connectivity index (χ4v) is 2.10. The summed E-state index contributed by atoms with van der Waals surface area (Å²) in [6.45, 7) is 0. The number of anilines is 1. The Labute approximate surface area is 122 Å². The summed E-state index contributed by atoms with van der Waals surface area (Å²) in [4.78, 5) is 4.29. The topological polar surface area (TPSA) is 64.9 Å². The second kappa shape index (κ2) is 5.05. The minimum atomic E-state index is -0.306. The van der Waals surface area contributed by atoms with Crippen molar-refractivity contribution in [2.75, 3.05) is 5.73 Å². The molecule has 0 aliphatic heterocycles. The van der Waals surface area contributed by atoms with Gasteiger partial charge in [-0.05, 0) is 58.4 Å². The van der Waals surface area contributed by atoms with Gasteiger partial charge in [0.25, 0.3) is 5.89 Å². The first-order chi connectivity index (χ1) is 9.63. The number of nitrogens with zero attached hydrogens (tertiary/aromatic N) is 2. The predicted octanol–water partition coefficient (Wildman–Crippen LogP) is 3.89. The average molecular weight is 334 g/mol. The Bertz CT molecular complexity index is 755. The molecule has 0 saturated carbocycles. The summed E-state index contributed by atoms with van der Waals surface area (Å²) in [5.74, 6) is 0.484. The summed E-state index contributed by atoms with van der Waals surface area (Å²) < 4.78 is 18.8. The van der Waals surface area contributed by atoms with Crippen molar-refractivity contribution in [3.8, 4) is 22.8 Å². The van der Waals surface area contributed by atoms with E-state index in [1.807, 2.05) is 0 Å². The van der Waals surface area contributed by atoms with Crippen LogP contribution in [0.1, 0.15) is 0 Å². The zero-order valence-electron chi connectivity index (χ0n) is 10.2. The van der Waals surface area contributed by atoms with Gasteiger partial charge in [0.05, 0.1) is 0 Å². The molecule has 4 nitrogen and oxygen atoms in total. The molecule has 100 valence electrons. The van der Waals surface area contributed by atoms with Gasteiger partial charge in [0, 0.05) is 21.3 Å². The lowest BCUT2D eigenvalue weighted by atomic mass is 10.2. The van der Waals surface area contributed by atoms with E-state index in [-0.39, 0.29) is 5.82 Å². The maximum atomic E-state index is 12.9. The van der Waals surface area contributed by atoms with Gasteiger partial charge in [0.1, 0.15) is 5.82 Å². The number of halogens is 2. The van der Waals surface area contributed by atoms with Crippen LogP contribution < -0.4 is 5.73 Å². The number of rotatable bonds is 2. The van der Waals surface area contributed by atoms with Crippen molar-refractivity contribution in [3.63, 3.8) is 0 Å². The Kier molecular flexibility index (Phi) is 3.23. The van der Waals surface area contributed by atoms with Gasteiger partial charge < -0.3 is 10.3 Å². The molecule has 3 aromatic rings. The molecule has 1 heterocycles. The van der Waals surface area contributed by atoms with Crippen LogP contribution in [0.4, 0.5) is 10.1 Å². The zero-order valence-corrected chi connectivity index (χ0v) is 11.8. The Morgan fingerprint density at radius 3 is 2.45 bits per heavy atom. The quantitative estimate of drug-likeness (QED) is 0.722. The Balaban J connectivity index is 1.97. The standard InChI is InChI=1S/C14H9BrFN3O/c15-11-7-9(3-6-12(11)17)14-18-13(19-20-14)8-1-4-10(16)5-2-8/h1-7H,17H2. The highest BCUT2D eigenvalue weighted by molar-refractivity contribution is 9.10. The van der Waals surface area contributed by atoms with Crippen molar-refractivity contribution < 1.29 is 8.91 Å². The number of nitrogens with two attached hydrogens (primary N) is 1. The molecule has 0 aliphatic rings. The van der Waals surface area contributed by atoms with Crippen LogP contribution in [-0.2, 0) is 0 Å². The molecule has 2 aromatic carbocycles. The molecule has 3 rings (SSSR count). The van der Waals surface area contributed by atoms with Crippen LogP contribution in [0.5, 0.6) is 0 Å². The molecule has 0 amide bonds. The molecular weight excluding hydrogens is 325 g/mol. The predicted molar refractivity (Wildman–Crippen MR) is 77.2 cm³/mol. The van der Waals surface area contributed by atoms with Gasteiger partial charge in [0.15, 0.2) is 0 Å². The maximum Gasteiger partial charge on any atom is 0.258 e.